The van der Waals surface area contributed by atoms with E-state index >= 15 is 0 Å². The molecular weight excluding hydrogens is 452 g/mol. The third-order valence-corrected chi connectivity index (χ3v) is 12.5. The third kappa shape index (κ3) is 4.56. The van der Waals surface area contributed by atoms with Crippen LogP contribution in [0.1, 0.15) is 85.0 Å². The van der Waals surface area contributed by atoms with Crippen LogP contribution in [0.3, 0.4) is 0 Å². The Bertz CT molecular complexity index is 785. The molecule has 3 N–H and O–H groups in total. The van der Waals surface area contributed by atoms with Gasteiger partial charge in [-0.15, -0.1) is 0 Å². The fraction of sp³-hybridized carbons (Fsp3) is 0.967. The Balaban J connectivity index is 1.21. The van der Waals surface area contributed by atoms with Crippen LogP contribution >= 0.6 is 0 Å². The van der Waals surface area contributed by atoms with Crippen molar-refractivity contribution in [3.63, 3.8) is 0 Å². The van der Waals surface area contributed by atoms with E-state index < -0.39 is 0 Å². The molecule has 1 saturated heterocycles. The predicted molar refractivity (Wildman–Crippen MR) is 141 cm³/mol. The summed E-state index contributed by atoms with van der Waals surface area (Å²) in [5.41, 5.74) is 0.249. The maximum atomic E-state index is 13.0. The van der Waals surface area contributed by atoms with Crippen molar-refractivity contribution in [2.45, 2.75) is 97.2 Å². The van der Waals surface area contributed by atoms with Crippen molar-refractivity contribution in [1.29, 1.82) is 0 Å². The number of nitrogens with zero attached hydrogens (tertiary/aromatic N) is 2. The summed E-state index contributed by atoms with van der Waals surface area (Å²) in [6, 6.07) is 0. The van der Waals surface area contributed by atoms with Gasteiger partial charge < -0.3 is 20.2 Å². The molecule has 1 heterocycles. The molecule has 5 unspecified atom stereocenters. The third-order valence-electron chi connectivity index (χ3n) is 12.5. The number of rotatable bonds is 6. The average molecular weight is 505 g/mol. The number of amides is 1. The molecule has 4 aliphatic carbocycles. The lowest BCUT2D eigenvalue weighted by Crippen LogP contribution is -2.58. The fourth-order valence-corrected chi connectivity index (χ4v) is 10.2. The zero-order chi connectivity index (χ0) is 25.7. The molecule has 206 valence electrons. The molecule has 0 aromatic rings. The second-order valence-corrected chi connectivity index (χ2v) is 13.8. The first-order chi connectivity index (χ1) is 17.2. The number of hydrogen-bond acceptors (Lipinski definition) is 5. The highest BCUT2D eigenvalue weighted by Gasteiger charge is 2.63. The van der Waals surface area contributed by atoms with Gasteiger partial charge in [-0.3, -0.25) is 9.69 Å². The normalized spacial score (nSPS) is 46.1. The minimum Gasteiger partial charge on any atom is -0.395 e. The van der Waals surface area contributed by atoms with Gasteiger partial charge in [0.1, 0.15) is 0 Å². The van der Waals surface area contributed by atoms with E-state index in [1.54, 1.807) is 0 Å². The topological polar surface area (TPSA) is 84.2 Å². The van der Waals surface area contributed by atoms with Crippen LogP contribution in [0.25, 0.3) is 0 Å². The van der Waals surface area contributed by atoms with E-state index in [-0.39, 0.29) is 35.6 Å². The van der Waals surface area contributed by atoms with Gasteiger partial charge in [-0.25, -0.2) is 0 Å². The minimum absolute atomic E-state index is 0.0308. The number of fused-ring (bicyclic) bond motifs is 5. The van der Waals surface area contributed by atoms with E-state index in [1.807, 2.05) is 4.90 Å². The zero-order valence-corrected chi connectivity index (χ0v) is 23.1. The summed E-state index contributed by atoms with van der Waals surface area (Å²) in [5.74, 6) is 3.74. The van der Waals surface area contributed by atoms with Crippen molar-refractivity contribution in [2.75, 3.05) is 39.3 Å². The van der Waals surface area contributed by atoms with Gasteiger partial charge in [0.05, 0.1) is 18.8 Å². The highest BCUT2D eigenvalue weighted by Crippen LogP contribution is 2.68. The Hall–Kier alpha value is -0.690. The Morgan fingerprint density at radius 2 is 1.72 bits per heavy atom. The zero-order valence-electron chi connectivity index (χ0n) is 23.1. The van der Waals surface area contributed by atoms with Crippen LogP contribution in [0.4, 0.5) is 0 Å². The van der Waals surface area contributed by atoms with E-state index in [2.05, 4.69) is 25.7 Å². The average Bonchev–Trinajstić information content (AvgIpc) is 3.23. The van der Waals surface area contributed by atoms with Crippen LogP contribution < -0.4 is 0 Å². The Morgan fingerprint density at radius 3 is 2.44 bits per heavy atom. The fourth-order valence-electron chi connectivity index (χ4n) is 10.2. The molecule has 0 aromatic carbocycles. The predicted octanol–water partition coefficient (Wildman–Crippen LogP) is 3.53. The van der Waals surface area contributed by atoms with Gasteiger partial charge in [0.2, 0.25) is 5.91 Å². The lowest BCUT2D eigenvalue weighted by Gasteiger charge is -2.62. The highest BCUT2D eigenvalue weighted by atomic mass is 16.3. The van der Waals surface area contributed by atoms with Crippen LogP contribution in [0.2, 0.25) is 0 Å². The second-order valence-electron chi connectivity index (χ2n) is 13.8. The number of aliphatic hydroxyl groups excluding tert-OH is 3. The molecule has 10 atom stereocenters. The molecule has 1 amide bonds. The van der Waals surface area contributed by atoms with Crippen molar-refractivity contribution in [3.05, 3.63) is 0 Å². The summed E-state index contributed by atoms with van der Waals surface area (Å²) in [4.78, 5) is 17.2. The quantitative estimate of drug-likeness (QED) is 0.515. The largest absolute Gasteiger partial charge is 0.395 e. The Morgan fingerprint density at radius 1 is 0.972 bits per heavy atom. The van der Waals surface area contributed by atoms with Crippen LogP contribution in [0, 0.1) is 46.3 Å². The summed E-state index contributed by atoms with van der Waals surface area (Å²) >= 11 is 0. The first kappa shape index (κ1) is 26.9. The summed E-state index contributed by atoms with van der Waals surface area (Å²) in [5, 5.41) is 31.2. The number of carbonyl (C=O) groups excluding carboxylic acids is 1. The summed E-state index contributed by atoms with van der Waals surface area (Å²) in [7, 11) is 0. The molecule has 0 aromatic heterocycles. The van der Waals surface area contributed by atoms with Gasteiger partial charge >= 0.3 is 0 Å². The van der Waals surface area contributed by atoms with E-state index in [1.165, 1.54) is 25.7 Å². The van der Waals surface area contributed by atoms with Gasteiger partial charge in [-0.2, -0.15) is 0 Å². The van der Waals surface area contributed by atoms with Crippen molar-refractivity contribution in [3.8, 4) is 0 Å². The standard InChI is InChI=1S/C30H52N2O4/c1-20(4-9-28(36)32-14-12-31(13-15-32)16-17-33)24-7-8-25-23-6-5-21-18-22(34)10-11-29(21,2)26(23)19-27(35)30(24,25)3/h20-27,33-35H,4-19H2,1-3H3/t20-,21?,22-,23?,24?,25?,26?,27+,29+,30-/m1/s1. The molecule has 5 aliphatic rings. The smallest absolute Gasteiger partial charge is 0.222 e. The van der Waals surface area contributed by atoms with Crippen molar-refractivity contribution >= 4 is 5.91 Å². The SMILES string of the molecule is C[C@H](CCC(=O)N1CCN(CCO)CC1)C1CCC2C3CCC4C[C@H](O)CC[C@]4(C)C3C[C@H](O)[C@@]21C. The van der Waals surface area contributed by atoms with Crippen LogP contribution in [-0.4, -0.2) is 82.6 Å². The van der Waals surface area contributed by atoms with Crippen molar-refractivity contribution < 1.29 is 20.1 Å². The first-order valence-corrected chi connectivity index (χ1v) is 15.2. The summed E-state index contributed by atoms with van der Waals surface area (Å²) in [6.07, 6.45) is 10.0. The van der Waals surface area contributed by atoms with Gasteiger partial charge in [0, 0.05) is 39.1 Å². The molecule has 5 fully saturated rings. The van der Waals surface area contributed by atoms with E-state index in [9.17, 15) is 15.0 Å². The molecule has 36 heavy (non-hydrogen) atoms. The Labute approximate surface area is 218 Å². The van der Waals surface area contributed by atoms with Gasteiger partial charge in [0.25, 0.3) is 0 Å². The minimum atomic E-state index is -0.253. The first-order valence-electron chi connectivity index (χ1n) is 15.2. The molecule has 0 radical (unpaired) electrons. The molecule has 6 nitrogen and oxygen atoms in total. The number of hydrogen-bond donors (Lipinski definition) is 3. The molecule has 5 rings (SSSR count). The lowest BCUT2D eigenvalue weighted by atomic mass is 9.43. The van der Waals surface area contributed by atoms with Gasteiger partial charge in [-0.1, -0.05) is 20.8 Å². The van der Waals surface area contributed by atoms with Gasteiger partial charge in [0.15, 0.2) is 0 Å². The number of carbonyl (C=O) groups is 1. The van der Waals surface area contributed by atoms with Crippen molar-refractivity contribution in [1.82, 2.24) is 9.80 Å². The van der Waals surface area contributed by atoms with Crippen molar-refractivity contribution in [2.24, 2.45) is 46.3 Å². The molecular formula is C30H52N2O4. The number of aliphatic hydroxyl groups is 3. The van der Waals surface area contributed by atoms with Crippen LogP contribution in [0.5, 0.6) is 0 Å². The molecule has 1 aliphatic heterocycles. The van der Waals surface area contributed by atoms with E-state index in [0.717, 1.165) is 58.3 Å². The van der Waals surface area contributed by atoms with E-state index in [0.29, 0.717) is 48.5 Å². The second kappa shape index (κ2) is 10.5. The number of piperazine rings is 1. The Kier molecular flexibility index (Phi) is 7.82. The summed E-state index contributed by atoms with van der Waals surface area (Å²) in [6.45, 7) is 11.4. The summed E-state index contributed by atoms with van der Waals surface area (Å²) < 4.78 is 0. The number of β-amino-alcohol motifs (C(OH)–C–C–N with tert-alkyl or cyclic N) is 1. The molecule has 0 spiro atoms. The van der Waals surface area contributed by atoms with Crippen LogP contribution in [-0.2, 0) is 4.79 Å². The lowest BCUT2D eigenvalue weighted by molar-refractivity contribution is -0.175. The highest BCUT2D eigenvalue weighted by molar-refractivity contribution is 5.76. The molecule has 0 bridgehead atoms. The molecule has 4 saturated carbocycles. The molecule has 6 heteroatoms. The maximum Gasteiger partial charge on any atom is 0.222 e. The van der Waals surface area contributed by atoms with Gasteiger partial charge in [-0.05, 0) is 104 Å². The van der Waals surface area contributed by atoms with Crippen LogP contribution in [0.15, 0.2) is 0 Å². The maximum absolute atomic E-state index is 13.0. The van der Waals surface area contributed by atoms with E-state index in [4.69, 9.17) is 5.11 Å². The monoisotopic (exact) mass is 504 g/mol.